The number of hydrogen-bond acceptors (Lipinski definition) is 5. The third kappa shape index (κ3) is 4.36. The van der Waals surface area contributed by atoms with E-state index >= 15 is 0 Å². The van der Waals surface area contributed by atoms with Crippen LogP contribution in [0.1, 0.15) is 47.3 Å². The predicted molar refractivity (Wildman–Crippen MR) is 105 cm³/mol. The Morgan fingerprint density at radius 1 is 1.23 bits per heavy atom. The molecule has 4 rings (SSSR count). The predicted octanol–water partition coefficient (Wildman–Crippen LogP) is 3.57. The van der Waals surface area contributed by atoms with E-state index in [9.17, 15) is 4.79 Å². The molecule has 1 aromatic carbocycles. The molecular weight excluding hydrogens is 344 g/mol. The molecule has 1 N–H and O–H groups in total. The lowest BCUT2D eigenvalue weighted by Crippen LogP contribution is -2.25. The number of rotatable bonds is 6. The van der Waals surface area contributed by atoms with Crippen LogP contribution in [0.2, 0.25) is 0 Å². The van der Waals surface area contributed by atoms with Crippen LogP contribution < -0.4 is 10.2 Å². The lowest BCUT2D eigenvalue weighted by Gasteiger charge is -2.17. The second-order valence-electron chi connectivity index (χ2n) is 7.08. The molecule has 0 bridgehead atoms. The molecule has 1 aromatic heterocycles. The summed E-state index contributed by atoms with van der Waals surface area (Å²) in [4.78, 5) is 23.9. The van der Waals surface area contributed by atoms with Crippen LogP contribution in [0.5, 0.6) is 0 Å². The van der Waals surface area contributed by atoms with Gasteiger partial charge in [-0.2, -0.15) is 0 Å². The minimum atomic E-state index is 0.0301. The summed E-state index contributed by atoms with van der Waals surface area (Å²) in [7, 11) is 0. The zero-order chi connectivity index (χ0) is 17.9. The molecule has 2 aliphatic rings. The van der Waals surface area contributed by atoms with Crippen molar-refractivity contribution < 1.29 is 4.79 Å². The van der Waals surface area contributed by atoms with Gasteiger partial charge in [0.2, 0.25) is 0 Å². The summed E-state index contributed by atoms with van der Waals surface area (Å²) < 4.78 is 0. The quantitative estimate of drug-likeness (QED) is 0.624. The highest BCUT2D eigenvalue weighted by Gasteiger charge is 2.23. The maximum absolute atomic E-state index is 12.2. The van der Waals surface area contributed by atoms with Gasteiger partial charge in [-0.05, 0) is 50.3 Å². The molecule has 0 unspecified atom stereocenters. The van der Waals surface area contributed by atoms with E-state index in [1.54, 1.807) is 11.8 Å². The highest BCUT2D eigenvalue weighted by atomic mass is 32.2. The van der Waals surface area contributed by atoms with Gasteiger partial charge in [0.15, 0.2) is 5.16 Å². The number of nitrogens with zero attached hydrogens (tertiary/aromatic N) is 3. The summed E-state index contributed by atoms with van der Waals surface area (Å²) in [5, 5.41) is 3.85. The van der Waals surface area contributed by atoms with Crippen molar-refractivity contribution >= 4 is 23.5 Å². The maximum Gasteiger partial charge on any atom is 0.251 e. The van der Waals surface area contributed by atoms with E-state index in [1.165, 1.54) is 12.8 Å². The lowest BCUT2D eigenvalue weighted by atomic mass is 10.1. The molecule has 1 amide bonds. The second kappa shape index (κ2) is 7.66. The number of carbonyl (C=O) groups is 1. The summed E-state index contributed by atoms with van der Waals surface area (Å²) in [6, 6.07) is 10.3. The molecular formula is C20H24N4OS. The standard InChI is InChI=1S/C20H24N4OS/c1-14-11-18(24-9-2-3-10-24)23-20(21-14)26-13-15-5-4-6-16(12-15)19(25)22-17-7-8-17/h4-6,11-12,17H,2-3,7-10,13H2,1H3,(H,22,25). The maximum atomic E-state index is 12.2. The van der Waals surface area contributed by atoms with E-state index in [0.717, 1.165) is 59.5 Å². The first-order valence-electron chi connectivity index (χ1n) is 9.30. The Bertz CT molecular complexity index is 800. The molecule has 5 nitrogen and oxygen atoms in total. The van der Waals surface area contributed by atoms with Crippen molar-refractivity contribution in [1.29, 1.82) is 0 Å². The average Bonchev–Trinajstić information content (AvgIpc) is 3.28. The van der Waals surface area contributed by atoms with E-state index in [-0.39, 0.29) is 5.91 Å². The molecule has 0 radical (unpaired) electrons. The van der Waals surface area contributed by atoms with Gasteiger partial charge in [-0.15, -0.1) is 0 Å². The van der Waals surface area contributed by atoms with Crippen molar-refractivity contribution in [3.63, 3.8) is 0 Å². The molecule has 1 aliphatic heterocycles. The Labute approximate surface area is 158 Å². The van der Waals surface area contributed by atoms with Crippen LogP contribution in [0.25, 0.3) is 0 Å². The van der Waals surface area contributed by atoms with Gasteiger partial charge in [-0.3, -0.25) is 4.79 Å². The molecule has 26 heavy (non-hydrogen) atoms. The van der Waals surface area contributed by atoms with Crippen LogP contribution in [0, 0.1) is 6.92 Å². The SMILES string of the molecule is Cc1cc(N2CCCC2)nc(SCc2cccc(C(=O)NC3CC3)c2)n1. The van der Waals surface area contributed by atoms with Gasteiger partial charge in [0.25, 0.3) is 5.91 Å². The third-order valence-corrected chi connectivity index (χ3v) is 5.64. The average molecular weight is 369 g/mol. The molecule has 1 saturated heterocycles. The highest BCUT2D eigenvalue weighted by Crippen LogP contribution is 2.25. The van der Waals surface area contributed by atoms with Crippen molar-refractivity contribution in [3.8, 4) is 0 Å². The first-order chi connectivity index (χ1) is 12.7. The summed E-state index contributed by atoms with van der Waals surface area (Å²) in [5.41, 5.74) is 2.85. The normalized spacial score (nSPS) is 16.7. The van der Waals surface area contributed by atoms with E-state index in [0.29, 0.717) is 6.04 Å². The fourth-order valence-corrected chi connectivity index (χ4v) is 3.99. The van der Waals surface area contributed by atoms with Gasteiger partial charge in [-0.1, -0.05) is 23.9 Å². The second-order valence-corrected chi connectivity index (χ2v) is 8.02. The zero-order valence-corrected chi connectivity index (χ0v) is 15.9. The number of amides is 1. The van der Waals surface area contributed by atoms with Crippen LogP contribution in [0.3, 0.4) is 0 Å². The summed E-state index contributed by atoms with van der Waals surface area (Å²) in [5.74, 6) is 1.82. The monoisotopic (exact) mass is 368 g/mol. The topological polar surface area (TPSA) is 58.1 Å². The van der Waals surface area contributed by atoms with E-state index in [1.807, 2.05) is 25.1 Å². The fraction of sp³-hybridized carbons (Fsp3) is 0.450. The van der Waals surface area contributed by atoms with E-state index in [4.69, 9.17) is 4.98 Å². The molecule has 2 fully saturated rings. The number of nitrogens with one attached hydrogen (secondary N) is 1. The van der Waals surface area contributed by atoms with Crippen molar-refractivity contribution in [2.45, 2.75) is 49.6 Å². The number of thioether (sulfide) groups is 1. The highest BCUT2D eigenvalue weighted by molar-refractivity contribution is 7.98. The molecule has 0 atom stereocenters. The van der Waals surface area contributed by atoms with Crippen molar-refractivity contribution in [2.24, 2.45) is 0 Å². The number of anilines is 1. The van der Waals surface area contributed by atoms with E-state index in [2.05, 4.69) is 27.3 Å². The first kappa shape index (κ1) is 17.3. The lowest BCUT2D eigenvalue weighted by molar-refractivity contribution is 0.0951. The number of hydrogen-bond donors (Lipinski definition) is 1. The molecule has 0 spiro atoms. The Balaban J connectivity index is 1.42. The third-order valence-electron chi connectivity index (χ3n) is 4.72. The van der Waals surface area contributed by atoms with E-state index < -0.39 is 0 Å². The van der Waals surface area contributed by atoms with Gasteiger partial charge < -0.3 is 10.2 Å². The van der Waals surface area contributed by atoms with Gasteiger partial charge in [0, 0.05) is 42.2 Å². The van der Waals surface area contributed by atoms with Gasteiger partial charge in [0.1, 0.15) is 5.82 Å². The molecule has 2 heterocycles. The fourth-order valence-electron chi connectivity index (χ4n) is 3.14. The number of aryl methyl sites for hydroxylation is 1. The summed E-state index contributed by atoms with van der Waals surface area (Å²) >= 11 is 1.63. The number of aromatic nitrogens is 2. The summed E-state index contributed by atoms with van der Waals surface area (Å²) in [6.07, 6.45) is 4.68. The van der Waals surface area contributed by atoms with Crippen LogP contribution in [0.15, 0.2) is 35.5 Å². The van der Waals surface area contributed by atoms with Crippen LogP contribution in [-0.2, 0) is 5.75 Å². The van der Waals surface area contributed by atoms with Crippen LogP contribution in [-0.4, -0.2) is 35.0 Å². The van der Waals surface area contributed by atoms with Crippen LogP contribution >= 0.6 is 11.8 Å². The molecule has 2 aromatic rings. The Morgan fingerprint density at radius 2 is 2.04 bits per heavy atom. The minimum Gasteiger partial charge on any atom is -0.356 e. The minimum absolute atomic E-state index is 0.0301. The number of carbonyl (C=O) groups excluding carboxylic acids is 1. The van der Waals surface area contributed by atoms with Crippen molar-refractivity contribution in [3.05, 3.63) is 47.2 Å². The van der Waals surface area contributed by atoms with Gasteiger partial charge in [-0.25, -0.2) is 9.97 Å². The smallest absolute Gasteiger partial charge is 0.251 e. The summed E-state index contributed by atoms with van der Waals surface area (Å²) in [6.45, 7) is 4.19. The zero-order valence-electron chi connectivity index (χ0n) is 15.1. The van der Waals surface area contributed by atoms with Gasteiger partial charge in [0.05, 0.1) is 0 Å². The first-order valence-corrected chi connectivity index (χ1v) is 10.3. The van der Waals surface area contributed by atoms with Crippen molar-refractivity contribution in [2.75, 3.05) is 18.0 Å². The number of benzene rings is 1. The van der Waals surface area contributed by atoms with Crippen LogP contribution in [0.4, 0.5) is 5.82 Å². The molecule has 1 aliphatic carbocycles. The van der Waals surface area contributed by atoms with Gasteiger partial charge >= 0.3 is 0 Å². The molecule has 1 saturated carbocycles. The molecule has 136 valence electrons. The Hall–Kier alpha value is -2.08. The largest absolute Gasteiger partial charge is 0.356 e. The van der Waals surface area contributed by atoms with Crippen molar-refractivity contribution in [1.82, 2.24) is 15.3 Å². The Kier molecular flexibility index (Phi) is 5.11. The Morgan fingerprint density at radius 3 is 2.81 bits per heavy atom. The molecule has 6 heteroatoms.